The topological polar surface area (TPSA) is 84.2 Å². The molecule has 1 atom stereocenters. The predicted molar refractivity (Wildman–Crippen MR) is 100 cm³/mol. The van der Waals surface area contributed by atoms with Crippen LogP contribution in [0.15, 0.2) is 60.8 Å². The molecule has 1 unspecified atom stereocenters. The van der Waals surface area contributed by atoms with E-state index in [4.69, 9.17) is 0 Å². The Labute approximate surface area is 169 Å². The number of fused-ring (bicyclic) bond motifs is 1. The smallest absolute Gasteiger partial charge is 0.435 e. The average Bonchev–Trinajstić information content (AvgIpc) is 3.35. The fourth-order valence-electron chi connectivity index (χ4n) is 3.69. The molecule has 6 nitrogen and oxygen atoms in total. The van der Waals surface area contributed by atoms with Crippen LogP contribution in [0.3, 0.4) is 0 Å². The first-order valence-corrected chi connectivity index (χ1v) is 9.08. The molecule has 154 valence electrons. The first-order valence-electron chi connectivity index (χ1n) is 9.08. The number of aryl methyl sites for hydroxylation is 1. The van der Waals surface area contributed by atoms with Gasteiger partial charge in [-0.2, -0.15) is 18.3 Å². The van der Waals surface area contributed by atoms with Crippen molar-refractivity contribution in [1.82, 2.24) is 15.1 Å². The molecule has 0 saturated carbocycles. The lowest BCUT2D eigenvalue weighted by molar-refractivity contribution is -0.145. The summed E-state index contributed by atoms with van der Waals surface area (Å²) in [5.41, 5.74) is -0.867. The number of aromatic nitrogens is 2. The van der Waals surface area contributed by atoms with Crippen LogP contribution in [0.5, 0.6) is 0 Å². The number of hydrogen-bond donors (Lipinski definition) is 2. The summed E-state index contributed by atoms with van der Waals surface area (Å²) >= 11 is 0. The number of rotatable bonds is 4. The second-order valence-corrected chi connectivity index (χ2v) is 7.02. The van der Waals surface area contributed by atoms with Crippen molar-refractivity contribution in [2.75, 3.05) is 0 Å². The molecule has 1 aliphatic carbocycles. The molecule has 1 amide bonds. The molecule has 2 N–H and O–H groups in total. The predicted octanol–water partition coefficient (Wildman–Crippen LogP) is 3.55. The van der Waals surface area contributed by atoms with Gasteiger partial charge >= 0.3 is 12.1 Å². The summed E-state index contributed by atoms with van der Waals surface area (Å²) in [5, 5.41) is 16.0. The zero-order valence-electron chi connectivity index (χ0n) is 15.5. The summed E-state index contributed by atoms with van der Waals surface area (Å²) in [5.74, 6) is -1.81. The van der Waals surface area contributed by atoms with Crippen molar-refractivity contribution in [3.8, 4) is 5.69 Å². The highest BCUT2D eigenvalue weighted by Crippen LogP contribution is 2.37. The number of carboxylic acids is 1. The maximum absolute atomic E-state index is 12.9. The van der Waals surface area contributed by atoms with E-state index in [1.165, 1.54) is 24.3 Å². The summed E-state index contributed by atoms with van der Waals surface area (Å²) < 4.78 is 39.4. The Kier molecular flexibility index (Phi) is 4.60. The number of carbonyl (C=O) groups excluding carboxylic acids is 1. The standard InChI is InChI=1S/C21H16F3N3O3/c22-21(23,24)17-9-11-27(26-17)15-6-3-5-14(12-15)18(28)25-20(19(29)30)10-8-13-4-1-2-7-16(13)20/h1-7,9,11-12H,8,10H2,(H,25,28)(H,29,30). The third-order valence-electron chi connectivity index (χ3n) is 5.19. The van der Waals surface area contributed by atoms with E-state index in [1.54, 1.807) is 18.2 Å². The van der Waals surface area contributed by atoms with Gasteiger partial charge in [-0.05, 0) is 48.2 Å². The van der Waals surface area contributed by atoms with Gasteiger partial charge in [0.15, 0.2) is 11.2 Å². The van der Waals surface area contributed by atoms with Crippen LogP contribution in [-0.4, -0.2) is 26.8 Å². The molecule has 3 aromatic rings. The Bertz CT molecular complexity index is 1140. The lowest BCUT2D eigenvalue weighted by Gasteiger charge is -2.27. The number of benzene rings is 2. The second-order valence-electron chi connectivity index (χ2n) is 7.02. The Morgan fingerprint density at radius 3 is 2.57 bits per heavy atom. The number of carboxylic acid groups (broad SMARTS) is 1. The number of nitrogens with zero attached hydrogens (tertiary/aromatic N) is 2. The van der Waals surface area contributed by atoms with E-state index < -0.39 is 29.3 Å². The van der Waals surface area contributed by atoms with Gasteiger partial charge in [0.2, 0.25) is 0 Å². The van der Waals surface area contributed by atoms with Gasteiger partial charge in [0.1, 0.15) is 0 Å². The highest BCUT2D eigenvalue weighted by Gasteiger charge is 2.46. The van der Waals surface area contributed by atoms with E-state index in [9.17, 15) is 27.9 Å². The van der Waals surface area contributed by atoms with Crippen LogP contribution in [0.1, 0.15) is 33.6 Å². The molecule has 9 heteroatoms. The van der Waals surface area contributed by atoms with Crippen LogP contribution in [-0.2, 0) is 22.9 Å². The van der Waals surface area contributed by atoms with Gasteiger partial charge in [-0.25, -0.2) is 9.48 Å². The Morgan fingerprint density at radius 2 is 1.87 bits per heavy atom. The van der Waals surface area contributed by atoms with Crippen LogP contribution in [0.25, 0.3) is 5.69 Å². The Balaban J connectivity index is 1.64. The van der Waals surface area contributed by atoms with E-state index in [0.29, 0.717) is 12.0 Å². The fourth-order valence-corrected chi connectivity index (χ4v) is 3.69. The maximum Gasteiger partial charge on any atom is 0.435 e. The molecule has 1 aliphatic rings. The quantitative estimate of drug-likeness (QED) is 0.683. The van der Waals surface area contributed by atoms with Gasteiger partial charge < -0.3 is 10.4 Å². The Morgan fingerprint density at radius 1 is 1.10 bits per heavy atom. The number of amides is 1. The molecule has 1 heterocycles. The summed E-state index contributed by atoms with van der Waals surface area (Å²) in [6.07, 6.45) is -2.72. The van der Waals surface area contributed by atoms with E-state index in [0.717, 1.165) is 22.5 Å². The zero-order chi connectivity index (χ0) is 21.5. The highest BCUT2D eigenvalue weighted by atomic mass is 19.4. The lowest BCUT2D eigenvalue weighted by Crippen LogP contribution is -2.50. The maximum atomic E-state index is 12.9. The van der Waals surface area contributed by atoms with E-state index >= 15 is 0 Å². The minimum absolute atomic E-state index is 0.113. The molecule has 0 aliphatic heterocycles. The summed E-state index contributed by atoms with van der Waals surface area (Å²) in [6, 6.07) is 13.7. The third-order valence-corrected chi connectivity index (χ3v) is 5.19. The molecule has 0 bridgehead atoms. The minimum atomic E-state index is -4.58. The molecule has 0 spiro atoms. The van der Waals surface area contributed by atoms with Crippen molar-refractivity contribution in [3.63, 3.8) is 0 Å². The van der Waals surface area contributed by atoms with Crippen LogP contribution in [0.2, 0.25) is 0 Å². The van der Waals surface area contributed by atoms with Gasteiger partial charge in [-0.1, -0.05) is 30.3 Å². The van der Waals surface area contributed by atoms with Crippen molar-refractivity contribution in [2.45, 2.75) is 24.6 Å². The largest absolute Gasteiger partial charge is 0.479 e. The fraction of sp³-hybridized carbons (Fsp3) is 0.190. The normalized spacial score (nSPS) is 18.1. The molecule has 2 aromatic carbocycles. The monoisotopic (exact) mass is 415 g/mol. The number of halogens is 3. The van der Waals surface area contributed by atoms with E-state index in [1.807, 2.05) is 6.07 Å². The van der Waals surface area contributed by atoms with Gasteiger partial charge in [0.25, 0.3) is 5.91 Å². The minimum Gasteiger partial charge on any atom is -0.479 e. The molecule has 0 fully saturated rings. The van der Waals surface area contributed by atoms with Crippen LogP contribution in [0.4, 0.5) is 13.2 Å². The third kappa shape index (κ3) is 3.32. The second kappa shape index (κ2) is 7.01. The van der Waals surface area contributed by atoms with E-state index in [-0.39, 0.29) is 17.7 Å². The van der Waals surface area contributed by atoms with Crippen LogP contribution >= 0.6 is 0 Å². The molecule has 4 rings (SSSR count). The van der Waals surface area contributed by atoms with Gasteiger partial charge in [0.05, 0.1) is 5.69 Å². The highest BCUT2D eigenvalue weighted by molar-refractivity contribution is 5.99. The van der Waals surface area contributed by atoms with Crippen molar-refractivity contribution in [2.24, 2.45) is 0 Å². The molecular weight excluding hydrogens is 399 g/mol. The summed E-state index contributed by atoms with van der Waals surface area (Å²) in [7, 11) is 0. The molecule has 0 saturated heterocycles. The van der Waals surface area contributed by atoms with Gasteiger partial charge in [0, 0.05) is 11.8 Å². The summed E-state index contributed by atoms with van der Waals surface area (Å²) in [6.45, 7) is 0. The number of carbonyl (C=O) groups is 2. The molecule has 0 radical (unpaired) electrons. The van der Waals surface area contributed by atoms with Crippen LogP contribution < -0.4 is 5.32 Å². The molecule has 30 heavy (non-hydrogen) atoms. The van der Waals surface area contributed by atoms with Crippen molar-refractivity contribution in [1.29, 1.82) is 0 Å². The van der Waals surface area contributed by atoms with Gasteiger partial charge in [-0.3, -0.25) is 4.79 Å². The van der Waals surface area contributed by atoms with Crippen LogP contribution in [0, 0.1) is 0 Å². The average molecular weight is 415 g/mol. The molecular formula is C21H16F3N3O3. The number of nitrogens with one attached hydrogen (secondary N) is 1. The van der Waals surface area contributed by atoms with Crippen molar-refractivity contribution in [3.05, 3.63) is 83.2 Å². The van der Waals surface area contributed by atoms with E-state index in [2.05, 4.69) is 10.4 Å². The zero-order valence-corrected chi connectivity index (χ0v) is 15.5. The first kappa shape index (κ1) is 19.7. The SMILES string of the molecule is O=C(NC1(C(=O)O)CCc2ccccc21)c1cccc(-n2ccc(C(F)(F)F)n2)c1. The first-order chi connectivity index (χ1) is 14.2. The molecule has 1 aromatic heterocycles. The number of alkyl halides is 3. The number of hydrogen-bond acceptors (Lipinski definition) is 3. The lowest BCUT2D eigenvalue weighted by atomic mass is 9.91. The number of aliphatic carboxylic acids is 1. The Hall–Kier alpha value is -3.62. The summed E-state index contributed by atoms with van der Waals surface area (Å²) in [4.78, 5) is 25.0. The van der Waals surface area contributed by atoms with Crippen molar-refractivity contribution < 1.29 is 27.9 Å². The van der Waals surface area contributed by atoms with Gasteiger partial charge in [-0.15, -0.1) is 0 Å². The van der Waals surface area contributed by atoms with Crippen molar-refractivity contribution >= 4 is 11.9 Å².